The van der Waals surface area contributed by atoms with Crippen LogP contribution >= 0.6 is 11.6 Å². The lowest BCUT2D eigenvalue weighted by Gasteiger charge is -2.13. The zero-order chi connectivity index (χ0) is 17.0. The lowest BCUT2D eigenvalue weighted by Crippen LogP contribution is -2.28. The van der Waals surface area contributed by atoms with E-state index in [-0.39, 0.29) is 46.2 Å². The number of hydrazone groups is 1. The minimum Gasteiger partial charge on any atom is -0.272 e. The van der Waals surface area contributed by atoms with Crippen LogP contribution in [0.2, 0.25) is 5.02 Å². The van der Waals surface area contributed by atoms with Crippen LogP contribution < -0.4 is 0 Å². The Bertz CT molecular complexity index is 805. The van der Waals surface area contributed by atoms with Crippen molar-refractivity contribution in [3.8, 4) is 0 Å². The number of nitro groups is 1. The fourth-order valence-electron chi connectivity index (χ4n) is 3.85. The molecule has 7 nitrogen and oxygen atoms in total. The van der Waals surface area contributed by atoms with Crippen LogP contribution in [-0.4, -0.2) is 28.0 Å². The van der Waals surface area contributed by atoms with Crippen molar-refractivity contribution in [1.82, 2.24) is 5.01 Å². The largest absolute Gasteiger partial charge is 0.272 e. The molecule has 0 N–H and O–H groups in total. The van der Waals surface area contributed by atoms with Gasteiger partial charge in [0.15, 0.2) is 0 Å². The molecule has 1 aliphatic heterocycles. The number of rotatable bonds is 3. The maximum absolute atomic E-state index is 12.5. The molecule has 2 bridgehead atoms. The monoisotopic (exact) mass is 345 g/mol. The van der Waals surface area contributed by atoms with E-state index in [9.17, 15) is 19.7 Å². The van der Waals surface area contributed by atoms with Gasteiger partial charge in [0.1, 0.15) is 0 Å². The highest BCUT2D eigenvalue weighted by molar-refractivity contribution is 6.33. The Labute approximate surface area is 141 Å². The standard InChI is InChI=1S/C16H12ClN3O4/c17-12-6-11(20(23)24)4-3-10(12)7-18-19-15(21)13-8-1-2-9(5-8)14(13)16(19)22/h1-4,6-9,13-14H,5H2/t8-,9-,13-,14+/m0/s1. The lowest BCUT2D eigenvalue weighted by molar-refractivity contribution is -0.384. The SMILES string of the molecule is O=C1[C@@H]2[C@H](C(=O)N1N=Cc1ccc([N+](=O)[O-])cc1Cl)[C@H]1C=C[C@H]2C1. The van der Waals surface area contributed by atoms with E-state index in [1.165, 1.54) is 24.4 Å². The number of carbonyl (C=O) groups excluding carboxylic acids is 2. The topological polar surface area (TPSA) is 92.9 Å². The third-order valence-electron chi connectivity index (χ3n) is 4.95. The number of nitrogens with zero attached hydrogens (tertiary/aromatic N) is 3. The van der Waals surface area contributed by atoms with Crippen LogP contribution in [0.5, 0.6) is 0 Å². The molecule has 1 aromatic rings. The Hall–Kier alpha value is -2.54. The number of nitro benzene ring substituents is 1. The molecule has 24 heavy (non-hydrogen) atoms. The van der Waals surface area contributed by atoms with Crippen LogP contribution in [0.25, 0.3) is 0 Å². The Morgan fingerprint density at radius 3 is 2.38 bits per heavy atom. The van der Waals surface area contributed by atoms with Gasteiger partial charge in [-0.05, 0) is 24.3 Å². The fraction of sp³-hybridized carbons (Fsp3) is 0.312. The molecule has 2 aliphatic carbocycles. The van der Waals surface area contributed by atoms with Crippen LogP contribution in [0.1, 0.15) is 12.0 Å². The number of allylic oxidation sites excluding steroid dienone is 2. The summed E-state index contributed by atoms with van der Waals surface area (Å²) in [4.78, 5) is 35.1. The average Bonchev–Trinajstić information content (AvgIpc) is 3.21. The van der Waals surface area contributed by atoms with Gasteiger partial charge in [-0.1, -0.05) is 23.8 Å². The Morgan fingerprint density at radius 2 is 1.83 bits per heavy atom. The smallest absolute Gasteiger partial charge is 0.270 e. The summed E-state index contributed by atoms with van der Waals surface area (Å²) in [6.07, 6.45) is 6.17. The van der Waals surface area contributed by atoms with Crippen molar-refractivity contribution in [3.05, 3.63) is 51.1 Å². The molecule has 3 aliphatic rings. The summed E-state index contributed by atoms with van der Waals surface area (Å²) in [5.41, 5.74) is 0.267. The van der Waals surface area contributed by atoms with Crippen LogP contribution in [0.4, 0.5) is 5.69 Å². The Balaban J connectivity index is 1.58. The van der Waals surface area contributed by atoms with Crippen LogP contribution in [0, 0.1) is 33.8 Å². The van der Waals surface area contributed by atoms with Crippen molar-refractivity contribution >= 4 is 35.3 Å². The van der Waals surface area contributed by atoms with Gasteiger partial charge in [-0.25, -0.2) is 0 Å². The molecule has 2 fully saturated rings. The molecule has 4 atom stereocenters. The van der Waals surface area contributed by atoms with Gasteiger partial charge < -0.3 is 0 Å². The zero-order valence-electron chi connectivity index (χ0n) is 12.3. The third-order valence-corrected chi connectivity index (χ3v) is 5.28. The molecular formula is C16H12ClN3O4. The molecule has 0 spiro atoms. The van der Waals surface area contributed by atoms with Gasteiger partial charge >= 0.3 is 0 Å². The minimum atomic E-state index is -0.551. The van der Waals surface area contributed by atoms with E-state index in [0.29, 0.717) is 5.56 Å². The van der Waals surface area contributed by atoms with Crippen molar-refractivity contribution in [2.75, 3.05) is 0 Å². The number of hydrogen-bond acceptors (Lipinski definition) is 5. The first-order valence-corrected chi connectivity index (χ1v) is 7.89. The number of amides is 2. The van der Waals surface area contributed by atoms with Crippen molar-refractivity contribution in [2.45, 2.75) is 6.42 Å². The zero-order valence-corrected chi connectivity index (χ0v) is 13.1. The third kappa shape index (κ3) is 2.08. The highest BCUT2D eigenvalue weighted by atomic mass is 35.5. The van der Waals surface area contributed by atoms with Crippen molar-refractivity contribution in [3.63, 3.8) is 0 Å². The number of carbonyl (C=O) groups is 2. The quantitative estimate of drug-likeness (QED) is 0.276. The average molecular weight is 346 g/mol. The molecule has 4 rings (SSSR count). The molecule has 1 heterocycles. The lowest BCUT2D eigenvalue weighted by atomic mass is 9.85. The van der Waals surface area contributed by atoms with E-state index in [2.05, 4.69) is 5.10 Å². The van der Waals surface area contributed by atoms with Gasteiger partial charge in [0.2, 0.25) is 0 Å². The maximum Gasteiger partial charge on any atom is 0.270 e. The second-order valence-corrected chi connectivity index (χ2v) is 6.60. The van der Waals surface area contributed by atoms with Gasteiger partial charge in [0.25, 0.3) is 17.5 Å². The Kier molecular flexibility index (Phi) is 3.28. The number of hydrogen-bond donors (Lipinski definition) is 0. The summed E-state index contributed by atoms with van der Waals surface area (Å²) in [5, 5.41) is 15.8. The minimum absolute atomic E-state index is 0.125. The number of benzene rings is 1. The molecule has 0 radical (unpaired) electrons. The summed E-state index contributed by atoms with van der Waals surface area (Å²) >= 11 is 5.99. The summed E-state index contributed by atoms with van der Waals surface area (Å²) in [6.45, 7) is 0. The molecule has 1 aromatic carbocycles. The number of imide groups is 1. The summed E-state index contributed by atoms with van der Waals surface area (Å²) < 4.78 is 0. The van der Waals surface area contributed by atoms with Gasteiger partial charge in [-0.2, -0.15) is 10.1 Å². The predicted molar refractivity (Wildman–Crippen MR) is 85.3 cm³/mol. The van der Waals surface area contributed by atoms with Gasteiger partial charge in [-0.15, -0.1) is 0 Å². The van der Waals surface area contributed by atoms with E-state index >= 15 is 0 Å². The molecule has 0 unspecified atom stereocenters. The maximum atomic E-state index is 12.5. The first-order valence-electron chi connectivity index (χ1n) is 7.51. The second kappa shape index (κ2) is 5.24. The number of fused-ring (bicyclic) bond motifs is 5. The second-order valence-electron chi connectivity index (χ2n) is 6.20. The van der Waals surface area contributed by atoms with Crippen LogP contribution in [0.3, 0.4) is 0 Å². The van der Waals surface area contributed by atoms with E-state index in [0.717, 1.165) is 11.4 Å². The first-order chi connectivity index (χ1) is 11.5. The predicted octanol–water partition coefficient (Wildman–Crippen LogP) is 2.39. The number of halogens is 1. The summed E-state index contributed by atoms with van der Waals surface area (Å²) in [6, 6.07) is 3.93. The van der Waals surface area contributed by atoms with E-state index in [1.807, 2.05) is 12.2 Å². The molecule has 0 aromatic heterocycles. The van der Waals surface area contributed by atoms with Gasteiger partial charge in [0.05, 0.1) is 28.0 Å². The molecule has 122 valence electrons. The molecule has 1 saturated heterocycles. The molecule has 2 amide bonds. The van der Waals surface area contributed by atoms with Crippen molar-refractivity contribution in [2.24, 2.45) is 28.8 Å². The number of non-ortho nitro benzene ring substituents is 1. The Morgan fingerprint density at radius 1 is 1.21 bits per heavy atom. The van der Waals surface area contributed by atoms with E-state index in [4.69, 9.17) is 11.6 Å². The van der Waals surface area contributed by atoms with E-state index in [1.54, 1.807) is 0 Å². The summed E-state index contributed by atoms with van der Waals surface area (Å²) in [7, 11) is 0. The van der Waals surface area contributed by atoms with E-state index < -0.39 is 4.92 Å². The van der Waals surface area contributed by atoms with Crippen molar-refractivity contribution in [1.29, 1.82) is 0 Å². The molecule has 1 saturated carbocycles. The summed E-state index contributed by atoms with van der Waals surface area (Å²) in [5.74, 6) is -0.930. The first kappa shape index (κ1) is 15.0. The fourth-order valence-corrected chi connectivity index (χ4v) is 4.08. The van der Waals surface area contributed by atoms with Crippen LogP contribution in [0.15, 0.2) is 35.5 Å². The molecule has 8 heteroatoms. The van der Waals surface area contributed by atoms with Gasteiger partial charge in [0, 0.05) is 17.7 Å². The normalized spacial score (nSPS) is 30.6. The van der Waals surface area contributed by atoms with Gasteiger partial charge in [-0.3, -0.25) is 19.7 Å². The van der Waals surface area contributed by atoms with Crippen LogP contribution in [-0.2, 0) is 9.59 Å². The van der Waals surface area contributed by atoms with Crippen molar-refractivity contribution < 1.29 is 14.5 Å². The highest BCUT2D eigenvalue weighted by Crippen LogP contribution is 2.52. The highest BCUT2D eigenvalue weighted by Gasteiger charge is 2.59. The molecular weight excluding hydrogens is 334 g/mol.